The Balaban J connectivity index is 2.01. The number of likely N-dealkylation sites (tertiary alicyclic amines) is 1. The Kier molecular flexibility index (Phi) is 4.02. The van der Waals surface area contributed by atoms with Gasteiger partial charge in [0.25, 0.3) is 0 Å². The Morgan fingerprint density at radius 1 is 1.53 bits per heavy atom. The summed E-state index contributed by atoms with van der Waals surface area (Å²) in [5.74, 6) is 0.249. The van der Waals surface area contributed by atoms with Gasteiger partial charge in [-0.1, -0.05) is 24.6 Å². The SMILES string of the molecule is CC1CN(Cc2ccc(Cl)cc2F)CCC1N. The lowest BCUT2D eigenvalue weighted by molar-refractivity contribution is 0.156. The second-order valence-corrected chi connectivity index (χ2v) is 5.34. The Morgan fingerprint density at radius 3 is 2.94 bits per heavy atom. The van der Waals surface area contributed by atoms with E-state index < -0.39 is 0 Å². The number of hydrogen-bond donors (Lipinski definition) is 1. The smallest absolute Gasteiger partial charge is 0.129 e. The molecule has 2 nitrogen and oxygen atoms in total. The molecule has 0 saturated carbocycles. The molecule has 2 N–H and O–H groups in total. The highest BCUT2D eigenvalue weighted by Gasteiger charge is 2.23. The lowest BCUT2D eigenvalue weighted by atomic mass is 9.94. The Morgan fingerprint density at radius 2 is 2.29 bits per heavy atom. The summed E-state index contributed by atoms with van der Waals surface area (Å²) in [6.45, 7) is 4.66. The van der Waals surface area contributed by atoms with E-state index in [1.165, 1.54) is 6.07 Å². The van der Waals surface area contributed by atoms with Crippen LogP contribution in [0.3, 0.4) is 0 Å². The molecule has 2 atom stereocenters. The monoisotopic (exact) mass is 256 g/mol. The van der Waals surface area contributed by atoms with Crippen molar-refractivity contribution < 1.29 is 4.39 Å². The molecule has 1 saturated heterocycles. The summed E-state index contributed by atoms with van der Waals surface area (Å²) in [7, 11) is 0. The van der Waals surface area contributed by atoms with Gasteiger partial charge >= 0.3 is 0 Å². The Hall–Kier alpha value is -0.640. The largest absolute Gasteiger partial charge is 0.327 e. The van der Waals surface area contributed by atoms with Crippen molar-refractivity contribution in [1.82, 2.24) is 4.90 Å². The summed E-state index contributed by atoms with van der Waals surface area (Å²) in [5, 5.41) is 0.445. The minimum absolute atomic E-state index is 0.222. The van der Waals surface area contributed by atoms with E-state index in [0.717, 1.165) is 19.5 Å². The van der Waals surface area contributed by atoms with E-state index in [-0.39, 0.29) is 11.9 Å². The summed E-state index contributed by atoms with van der Waals surface area (Å²) in [4.78, 5) is 2.25. The minimum atomic E-state index is -0.222. The van der Waals surface area contributed by atoms with Crippen LogP contribution < -0.4 is 5.73 Å². The Bertz CT molecular complexity index is 397. The fourth-order valence-electron chi connectivity index (χ4n) is 2.28. The van der Waals surface area contributed by atoms with Gasteiger partial charge in [0, 0.05) is 29.7 Å². The van der Waals surface area contributed by atoms with Gasteiger partial charge in [0.2, 0.25) is 0 Å². The van der Waals surface area contributed by atoms with E-state index in [1.54, 1.807) is 12.1 Å². The maximum atomic E-state index is 13.6. The third-order valence-corrected chi connectivity index (χ3v) is 3.70. The van der Waals surface area contributed by atoms with Crippen molar-refractivity contribution in [2.75, 3.05) is 13.1 Å². The molecular formula is C13H18ClFN2. The molecule has 1 fully saturated rings. The summed E-state index contributed by atoms with van der Waals surface area (Å²) >= 11 is 5.73. The van der Waals surface area contributed by atoms with Crippen LogP contribution in [-0.2, 0) is 6.54 Å². The number of benzene rings is 1. The van der Waals surface area contributed by atoms with E-state index in [1.807, 2.05) is 0 Å². The average molecular weight is 257 g/mol. The van der Waals surface area contributed by atoms with Crippen molar-refractivity contribution in [3.63, 3.8) is 0 Å². The zero-order chi connectivity index (χ0) is 12.4. The average Bonchev–Trinajstić information content (AvgIpc) is 2.27. The zero-order valence-electron chi connectivity index (χ0n) is 10.00. The topological polar surface area (TPSA) is 29.3 Å². The number of nitrogens with zero attached hydrogens (tertiary/aromatic N) is 1. The molecule has 0 radical (unpaired) electrons. The lowest BCUT2D eigenvalue weighted by Gasteiger charge is -2.35. The number of nitrogens with two attached hydrogens (primary N) is 1. The molecule has 2 rings (SSSR count). The lowest BCUT2D eigenvalue weighted by Crippen LogP contribution is -2.45. The van der Waals surface area contributed by atoms with Gasteiger partial charge in [-0.05, 0) is 31.0 Å². The number of hydrogen-bond acceptors (Lipinski definition) is 2. The highest BCUT2D eigenvalue weighted by molar-refractivity contribution is 6.30. The van der Waals surface area contributed by atoms with Gasteiger partial charge in [0.1, 0.15) is 5.82 Å². The van der Waals surface area contributed by atoms with Gasteiger partial charge in [-0.3, -0.25) is 4.90 Å². The van der Waals surface area contributed by atoms with Gasteiger partial charge in [-0.15, -0.1) is 0 Å². The van der Waals surface area contributed by atoms with Crippen molar-refractivity contribution in [3.8, 4) is 0 Å². The predicted molar refractivity (Wildman–Crippen MR) is 68.4 cm³/mol. The zero-order valence-corrected chi connectivity index (χ0v) is 10.8. The molecule has 0 aliphatic carbocycles. The first-order valence-electron chi connectivity index (χ1n) is 5.98. The highest BCUT2D eigenvalue weighted by Crippen LogP contribution is 2.20. The molecule has 17 heavy (non-hydrogen) atoms. The second-order valence-electron chi connectivity index (χ2n) is 4.90. The van der Waals surface area contributed by atoms with Crippen LogP contribution in [0.25, 0.3) is 0 Å². The van der Waals surface area contributed by atoms with Gasteiger partial charge in [0.15, 0.2) is 0 Å². The molecule has 0 aromatic heterocycles. The van der Waals surface area contributed by atoms with Crippen LogP contribution in [0.15, 0.2) is 18.2 Å². The van der Waals surface area contributed by atoms with Gasteiger partial charge in [0.05, 0.1) is 0 Å². The van der Waals surface area contributed by atoms with Gasteiger partial charge in [-0.25, -0.2) is 4.39 Å². The van der Waals surface area contributed by atoms with E-state index in [2.05, 4.69) is 11.8 Å². The molecule has 1 aromatic rings. The fourth-order valence-corrected chi connectivity index (χ4v) is 2.44. The van der Waals surface area contributed by atoms with Crippen LogP contribution in [0.1, 0.15) is 18.9 Å². The van der Waals surface area contributed by atoms with Crippen LogP contribution >= 0.6 is 11.6 Å². The van der Waals surface area contributed by atoms with E-state index >= 15 is 0 Å². The van der Waals surface area contributed by atoms with Crippen LogP contribution in [0.4, 0.5) is 4.39 Å². The quantitative estimate of drug-likeness (QED) is 0.882. The highest BCUT2D eigenvalue weighted by atomic mass is 35.5. The molecule has 0 amide bonds. The van der Waals surface area contributed by atoms with E-state index in [9.17, 15) is 4.39 Å². The minimum Gasteiger partial charge on any atom is -0.327 e. The fraction of sp³-hybridized carbons (Fsp3) is 0.538. The first kappa shape index (κ1) is 12.8. The second kappa shape index (κ2) is 5.34. The van der Waals surface area contributed by atoms with Crippen molar-refractivity contribution in [1.29, 1.82) is 0 Å². The summed E-state index contributed by atoms with van der Waals surface area (Å²) < 4.78 is 13.6. The molecule has 0 bridgehead atoms. The maximum absolute atomic E-state index is 13.6. The Labute approximate surface area is 107 Å². The number of rotatable bonds is 2. The molecule has 1 aliphatic heterocycles. The summed E-state index contributed by atoms with van der Waals surface area (Å²) in [6.07, 6.45) is 0.983. The van der Waals surface area contributed by atoms with Crippen molar-refractivity contribution in [2.45, 2.75) is 25.9 Å². The first-order chi connectivity index (χ1) is 8.06. The van der Waals surface area contributed by atoms with E-state index in [4.69, 9.17) is 17.3 Å². The molecule has 4 heteroatoms. The molecule has 1 heterocycles. The van der Waals surface area contributed by atoms with Crippen LogP contribution in [0.5, 0.6) is 0 Å². The molecule has 1 aromatic carbocycles. The van der Waals surface area contributed by atoms with Gasteiger partial charge < -0.3 is 5.73 Å². The molecule has 1 aliphatic rings. The molecule has 2 unspecified atom stereocenters. The summed E-state index contributed by atoms with van der Waals surface area (Å²) in [6, 6.07) is 5.15. The van der Waals surface area contributed by atoms with Crippen LogP contribution in [0, 0.1) is 11.7 Å². The first-order valence-corrected chi connectivity index (χ1v) is 6.36. The maximum Gasteiger partial charge on any atom is 0.129 e. The molecule has 0 spiro atoms. The normalized spacial score (nSPS) is 26.1. The van der Waals surface area contributed by atoms with E-state index in [0.29, 0.717) is 23.0 Å². The van der Waals surface area contributed by atoms with Crippen molar-refractivity contribution >= 4 is 11.6 Å². The standard InChI is InChI=1S/C13H18ClFN2/c1-9-7-17(5-4-13(9)16)8-10-2-3-11(14)6-12(10)15/h2-3,6,9,13H,4-5,7-8,16H2,1H3. The summed E-state index contributed by atoms with van der Waals surface area (Å²) in [5.41, 5.74) is 6.67. The third-order valence-electron chi connectivity index (χ3n) is 3.46. The molecule has 94 valence electrons. The predicted octanol–water partition coefficient (Wildman–Crippen LogP) is 2.65. The number of halogens is 2. The third kappa shape index (κ3) is 3.18. The van der Waals surface area contributed by atoms with Crippen LogP contribution in [0.2, 0.25) is 5.02 Å². The van der Waals surface area contributed by atoms with Crippen molar-refractivity contribution in [2.24, 2.45) is 11.7 Å². The van der Waals surface area contributed by atoms with Crippen molar-refractivity contribution in [3.05, 3.63) is 34.6 Å². The van der Waals surface area contributed by atoms with Gasteiger partial charge in [-0.2, -0.15) is 0 Å². The number of piperidine rings is 1. The molecular weight excluding hydrogens is 239 g/mol. The van der Waals surface area contributed by atoms with Crippen LogP contribution in [-0.4, -0.2) is 24.0 Å².